The summed E-state index contributed by atoms with van der Waals surface area (Å²) in [5.41, 5.74) is 1.27. The van der Waals surface area contributed by atoms with Gasteiger partial charge in [0, 0.05) is 16.9 Å². The highest BCUT2D eigenvalue weighted by Crippen LogP contribution is 2.36. The Morgan fingerprint density at radius 1 is 1.22 bits per heavy atom. The predicted molar refractivity (Wildman–Crippen MR) is 78.7 cm³/mol. The SMILES string of the molecule is CC[C@@](C)(SCc1ccccc1)[C@@H](O)C[C@@H](C)O. The molecule has 102 valence electrons. The molecule has 0 amide bonds. The number of hydrogen-bond acceptors (Lipinski definition) is 3. The maximum absolute atomic E-state index is 10.2. The molecule has 18 heavy (non-hydrogen) atoms. The number of rotatable bonds is 7. The van der Waals surface area contributed by atoms with Crippen molar-refractivity contribution in [2.75, 3.05) is 0 Å². The number of aliphatic hydroxyl groups is 2. The van der Waals surface area contributed by atoms with E-state index in [1.807, 2.05) is 18.2 Å². The third kappa shape index (κ3) is 4.63. The molecule has 1 aromatic rings. The Morgan fingerprint density at radius 3 is 2.33 bits per heavy atom. The number of benzene rings is 1. The fraction of sp³-hybridized carbons (Fsp3) is 0.600. The van der Waals surface area contributed by atoms with E-state index in [-0.39, 0.29) is 4.75 Å². The summed E-state index contributed by atoms with van der Waals surface area (Å²) in [7, 11) is 0. The molecule has 0 unspecified atom stereocenters. The van der Waals surface area contributed by atoms with Crippen LogP contribution in [0.2, 0.25) is 0 Å². The Labute approximate surface area is 114 Å². The maximum Gasteiger partial charge on any atom is 0.0708 e. The van der Waals surface area contributed by atoms with Gasteiger partial charge in [-0.15, -0.1) is 11.8 Å². The van der Waals surface area contributed by atoms with Gasteiger partial charge in [0.15, 0.2) is 0 Å². The molecule has 0 radical (unpaired) electrons. The number of thioether (sulfide) groups is 1. The lowest BCUT2D eigenvalue weighted by atomic mass is 9.96. The molecule has 0 saturated carbocycles. The van der Waals surface area contributed by atoms with Gasteiger partial charge in [-0.25, -0.2) is 0 Å². The second kappa shape index (κ2) is 7.17. The molecular formula is C15H24O2S. The average Bonchev–Trinajstić information content (AvgIpc) is 2.36. The van der Waals surface area contributed by atoms with Crippen molar-refractivity contribution in [3.05, 3.63) is 35.9 Å². The molecule has 1 rings (SSSR count). The van der Waals surface area contributed by atoms with Crippen LogP contribution in [0.4, 0.5) is 0 Å². The van der Waals surface area contributed by atoms with Gasteiger partial charge in [-0.2, -0.15) is 0 Å². The van der Waals surface area contributed by atoms with Gasteiger partial charge in [0.25, 0.3) is 0 Å². The third-order valence-electron chi connectivity index (χ3n) is 3.38. The van der Waals surface area contributed by atoms with Crippen molar-refractivity contribution in [1.29, 1.82) is 0 Å². The summed E-state index contributed by atoms with van der Waals surface area (Å²) >= 11 is 1.77. The summed E-state index contributed by atoms with van der Waals surface area (Å²) in [6, 6.07) is 10.3. The molecule has 0 fully saturated rings. The zero-order valence-corrected chi connectivity index (χ0v) is 12.3. The van der Waals surface area contributed by atoms with Crippen molar-refractivity contribution in [3.8, 4) is 0 Å². The molecule has 3 atom stereocenters. The van der Waals surface area contributed by atoms with Gasteiger partial charge in [-0.3, -0.25) is 0 Å². The molecule has 0 aromatic heterocycles. The van der Waals surface area contributed by atoms with E-state index < -0.39 is 12.2 Å². The van der Waals surface area contributed by atoms with Gasteiger partial charge in [0.2, 0.25) is 0 Å². The van der Waals surface area contributed by atoms with Gasteiger partial charge in [-0.1, -0.05) is 37.3 Å². The molecule has 2 nitrogen and oxygen atoms in total. The molecule has 0 aliphatic heterocycles. The Kier molecular flexibility index (Phi) is 6.19. The van der Waals surface area contributed by atoms with Crippen LogP contribution in [-0.4, -0.2) is 27.2 Å². The fourth-order valence-electron chi connectivity index (χ4n) is 1.83. The Hall–Kier alpha value is -0.510. The number of hydrogen-bond donors (Lipinski definition) is 2. The largest absolute Gasteiger partial charge is 0.393 e. The highest BCUT2D eigenvalue weighted by molar-refractivity contribution is 7.99. The van der Waals surface area contributed by atoms with Crippen molar-refractivity contribution in [2.45, 2.75) is 56.3 Å². The van der Waals surface area contributed by atoms with Crippen molar-refractivity contribution in [2.24, 2.45) is 0 Å². The minimum atomic E-state index is -0.476. The maximum atomic E-state index is 10.2. The molecule has 0 bridgehead atoms. The lowest BCUT2D eigenvalue weighted by Crippen LogP contribution is -2.37. The van der Waals surface area contributed by atoms with Crippen LogP contribution < -0.4 is 0 Å². The first-order valence-electron chi connectivity index (χ1n) is 6.52. The summed E-state index contributed by atoms with van der Waals surface area (Å²) in [5, 5.41) is 19.6. The van der Waals surface area contributed by atoms with Gasteiger partial charge in [-0.05, 0) is 25.8 Å². The van der Waals surface area contributed by atoms with Crippen LogP contribution in [0.5, 0.6) is 0 Å². The second-order valence-corrected chi connectivity index (χ2v) is 6.55. The highest BCUT2D eigenvalue weighted by Gasteiger charge is 2.32. The summed E-state index contributed by atoms with van der Waals surface area (Å²) in [6.07, 6.45) is 0.393. The summed E-state index contributed by atoms with van der Waals surface area (Å²) in [6.45, 7) is 5.89. The van der Waals surface area contributed by atoms with Gasteiger partial charge < -0.3 is 10.2 Å². The molecular weight excluding hydrogens is 244 g/mol. The van der Waals surface area contributed by atoms with E-state index in [2.05, 4.69) is 26.0 Å². The van der Waals surface area contributed by atoms with E-state index in [1.54, 1.807) is 18.7 Å². The topological polar surface area (TPSA) is 40.5 Å². The minimum absolute atomic E-state index is 0.202. The van der Waals surface area contributed by atoms with E-state index in [0.717, 1.165) is 12.2 Å². The standard InChI is InChI=1S/C15H24O2S/c1-4-15(3,14(17)10-12(2)16)18-11-13-8-6-5-7-9-13/h5-9,12,14,16-17H,4,10-11H2,1-3H3/t12-,14+,15-/m1/s1. The Balaban J connectivity index is 2.59. The van der Waals surface area contributed by atoms with Crippen LogP contribution in [0.25, 0.3) is 0 Å². The van der Waals surface area contributed by atoms with Crippen LogP contribution >= 0.6 is 11.8 Å². The first kappa shape index (κ1) is 15.5. The Morgan fingerprint density at radius 2 is 1.83 bits per heavy atom. The molecule has 0 aliphatic carbocycles. The van der Waals surface area contributed by atoms with E-state index in [9.17, 15) is 10.2 Å². The summed E-state index contributed by atoms with van der Waals surface area (Å²) in [5.74, 6) is 0.891. The molecule has 2 N–H and O–H groups in total. The predicted octanol–water partition coefficient (Wildman–Crippen LogP) is 3.22. The first-order valence-corrected chi connectivity index (χ1v) is 7.50. The van der Waals surface area contributed by atoms with E-state index >= 15 is 0 Å². The zero-order valence-electron chi connectivity index (χ0n) is 11.5. The second-order valence-electron chi connectivity index (χ2n) is 5.04. The van der Waals surface area contributed by atoms with Gasteiger partial charge >= 0.3 is 0 Å². The summed E-state index contributed by atoms with van der Waals surface area (Å²) in [4.78, 5) is 0. The molecule has 0 aliphatic rings. The van der Waals surface area contributed by atoms with Gasteiger partial charge in [0.1, 0.15) is 0 Å². The normalized spacial score (nSPS) is 18.1. The lowest BCUT2D eigenvalue weighted by Gasteiger charge is -2.34. The third-order valence-corrected chi connectivity index (χ3v) is 5.08. The smallest absolute Gasteiger partial charge is 0.0708 e. The van der Waals surface area contributed by atoms with Crippen LogP contribution in [0.3, 0.4) is 0 Å². The summed E-state index contributed by atoms with van der Waals surface area (Å²) < 4.78 is -0.202. The molecule has 0 saturated heterocycles. The van der Waals surface area contributed by atoms with Crippen molar-refractivity contribution >= 4 is 11.8 Å². The van der Waals surface area contributed by atoms with Crippen LogP contribution in [0.15, 0.2) is 30.3 Å². The Bertz CT molecular complexity index is 340. The average molecular weight is 268 g/mol. The molecule has 0 spiro atoms. The molecule has 1 aromatic carbocycles. The quantitative estimate of drug-likeness (QED) is 0.797. The van der Waals surface area contributed by atoms with Crippen molar-refractivity contribution in [1.82, 2.24) is 0 Å². The number of aliphatic hydroxyl groups excluding tert-OH is 2. The van der Waals surface area contributed by atoms with E-state index in [0.29, 0.717) is 6.42 Å². The zero-order chi connectivity index (χ0) is 13.6. The lowest BCUT2D eigenvalue weighted by molar-refractivity contribution is 0.0666. The van der Waals surface area contributed by atoms with E-state index in [4.69, 9.17) is 0 Å². The van der Waals surface area contributed by atoms with Crippen LogP contribution in [0, 0.1) is 0 Å². The fourth-order valence-corrected chi connectivity index (χ4v) is 3.01. The first-order chi connectivity index (χ1) is 8.48. The van der Waals surface area contributed by atoms with Crippen molar-refractivity contribution < 1.29 is 10.2 Å². The van der Waals surface area contributed by atoms with Gasteiger partial charge in [0.05, 0.1) is 12.2 Å². The van der Waals surface area contributed by atoms with E-state index in [1.165, 1.54) is 5.56 Å². The van der Waals surface area contributed by atoms with Crippen LogP contribution in [0.1, 0.15) is 39.2 Å². The molecule has 3 heteroatoms. The highest BCUT2D eigenvalue weighted by atomic mass is 32.2. The molecule has 0 heterocycles. The minimum Gasteiger partial charge on any atom is -0.393 e. The van der Waals surface area contributed by atoms with Crippen molar-refractivity contribution in [3.63, 3.8) is 0 Å². The van der Waals surface area contributed by atoms with Crippen LogP contribution in [-0.2, 0) is 5.75 Å². The monoisotopic (exact) mass is 268 g/mol.